The van der Waals surface area contributed by atoms with E-state index in [1.165, 1.54) is 17.7 Å². The Morgan fingerprint density at radius 1 is 0.773 bits per heavy atom. The third kappa shape index (κ3) is 3.70. The Kier molecular flexibility index (Phi) is 4.94. The van der Waals surface area contributed by atoms with E-state index >= 15 is 0 Å². The molecule has 0 aliphatic rings. The lowest BCUT2D eigenvalue weighted by atomic mass is 9.87. The number of halogens is 3. The molecule has 0 spiro atoms. The van der Waals surface area contributed by atoms with Gasteiger partial charge >= 0.3 is 6.18 Å². The molecule has 3 heteroatoms. The molecular weight excluding hydrogens is 285 g/mol. The van der Waals surface area contributed by atoms with E-state index in [1.54, 1.807) is 12.1 Å². The molecule has 1 unspecified atom stereocenters. The van der Waals surface area contributed by atoms with Crippen molar-refractivity contribution in [2.45, 2.75) is 45.2 Å². The van der Waals surface area contributed by atoms with Crippen molar-refractivity contribution in [1.82, 2.24) is 0 Å². The third-order valence-corrected chi connectivity index (χ3v) is 4.05. The van der Waals surface area contributed by atoms with Gasteiger partial charge in [-0.25, -0.2) is 0 Å². The van der Waals surface area contributed by atoms with Crippen LogP contribution in [0.2, 0.25) is 0 Å². The van der Waals surface area contributed by atoms with Crippen molar-refractivity contribution in [3.63, 3.8) is 0 Å². The largest absolute Gasteiger partial charge is 0.416 e. The van der Waals surface area contributed by atoms with E-state index in [4.69, 9.17) is 0 Å². The standard InChI is InChI=1S/C19H21F3/c1-4-18(15-7-5-14(6-8-15)13(2)3)16-9-11-17(12-10-16)19(20,21)22/h5-13,18H,4H2,1-3H3. The summed E-state index contributed by atoms with van der Waals surface area (Å²) in [6.07, 6.45) is -3.43. The highest BCUT2D eigenvalue weighted by Crippen LogP contribution is 2.33. The topological polar surface area (TPSA) is 0 Å². The van der Waals surface area contributed by atoms with Crippen molar-refractivity contribution < 1.29 is 13.2 Å². The molecule has 2 aromatic rings. The van der Waals surface area contributed by atoms with Crippen LogP contribution < -0.4 is 0 Å². The first-order chi connectivity index (χ1) is 10.3. The highest BCUT2D eigenvalue weighted by molar-refractivity contribution is 5.36. The summed E-state index contributed by atoms with van der Waals surface area (Å²) >= 11 is 0. The Labute approximate surface area is 130 Å². The zero-order chi connectivity index (χ0) is 16.3. The second kappa shape index (κ2) is 6.55. The molecule has 0 nitrogen and oxygen atoms in total. The minimum absolute atomic E-state index is 0.128. The third-order valence-electron chi connectivity index (χ3n) is 4.05. The van der Waals surface area contributed by atoms with Crippen molar-refractivity contribution in [2.24, 2.45) is 0 Å². The Hall–Kier alpha value is -1.77. The van der Waals surface area contributed by atoms with Crippen molar-refractivity contribution >= 4 is 0 Å². The molecule has 1 atom stereocenters. The number of hydrogen-bond acceptors (Lipinski definition) is 0. The first-order valence-corrected chi connectivity index (χ1v) is 7.60. The van der Waals surface area contributed by atoms with Crippen LogP contribution in [-0.2, 0) is 6.18 Å². The van der Waals surface area contributed by atoms with Crippen LogP contribution in [0.5, 0.6) is 0 Å². The number of rotatable bonds is 4. The molecule has 0 saturated carbocycles. The molecular formula is C19H21F3. The molecule has 22 heavy (non-hydrogen) atoms. The molecule has 0 saturated heterocycles. The molecule has 0 aliphatic carbocycles. The minimum atomic E-state index is -4.28. The van der Waals surface area contributed by atoms with E-state index in [9.17, 15) is 13.2 Å². The van der Waals surface area contributed by atoms with E-state index < -0.39 is 11.7 Å². The van der Waals surface area contributed by atoms with E-state index in [-0.39, 0.29) is 5.92 Å². The van der Waals surface area contributed by atoms with Crippen LogP contribution in [0.3, 0.4) is 0 Å². The van der Waals surface area contributed by atoms with Gasteiger partial charge in [-0.3, -0.25) is 0 Å². The van der Waals surface area contributed by atoms with Crippen molar-refractivity contribution in [1.29, 1.82) is 0 Å². The summed E-state index contributed by atoms with van der Waals surface area (Å²) in [5.74, 6) is 0.601. The summed E-state index contributed by atoms with van der Waals surface area (Å²) in [4.78, 5) is 0. The average molecular weight is 306 g/mol. The van der Waals surface area contributed by atoms with E-state index in [1.807, 2.05) is 0 Å². The predicted molar refractivity (Wildman–Crippen MR) is 84.1 cm³/mol. The van der Waals surface area contributed by atoms with Gasteiger partial charge < -0.3 is 0 Å². The van der Waals surface area contributed by atoms with Crippen molar-refractivity contribution in [2.75, 3.05) is 0 Å². The summed E-state index contributed by atoms with van der Waals surface area (Å²) in [7, 11) is 0. The Morgan fingerprint density at radius 3 is 1.55 bits per heavy atom. The van der Waals surface area contributed by atoms with Crippen LogP contribution >= 0.6 is 0 Å². The summed E-state index contributed by atoms with van der Waals surface area (Å²) in [5.41, 5.74) is 2.74. The van der Waals surface area contributed by atoms with Gasteiger partial charge in [-0.05, 0) is 41.2 Å². The van der Waals surface area contributed by atoms with Crippen LogP contribution in [0, 0.1) is 0 Å². The fourth-order valence-corrected chi connectivity index (χ4v) is 2.68. The lowest BCUT2D eigenvalue weighted by Crippen LogP contribution is -2.06. The zero-order valence-electron chi connectivity index (χ0n) is 13.1. The normalized spacial score (nSPS) is 13.4. The lowest BCUT2D eigenvalue weighted by molar-refractivity contribution is -0.137. The fraction of sp³-hybridized carbons (Fsp3) is 0.368. The van der Waals surface area contributed by atoms with Crippen molar-refractivity contribution in [3.8, 4) is 0 Å². The van der Waals surface area contributed by atoms with E-state index in [0.29, 0.717) is 5.92 Å². The number of hydrogen-bond donors (Lipinski definition) is 0. The lowest BCUT2D eigenvalue weighted by Gasteiger charge is -2.18. The minimum Gasteiger partial charge on any atom is -0.166 e. The molecule has 0 radical (unpaired) electrons. The molecule has 2 rings (SSSR count). The monoisotopic (exact) mass is 306 g/mol. The summed E-state index contributed by atoms with van der Waals surface area (Å²) in [6.45, 7) is 6.34. The van der Waals surface area contributed by atoms with Crippen LogP contribution in [0.1, 0.15) is 61.3 Å². The first kappa shape index (κ1) is 16.6. The van der Waals surface area contributed by atoms with Crippen molar-refractivity contribution in [3.05, 3.63) is 70.8 Å². The molecule has 0 aliphatic heterocycles. The van der Waals surface area contributed by atoms with Gasteiger partial charge in [0.05, 0.1) is 5.56 Å². The maximum atomic E-state index is 12.6. The van der Waals surface area contributed by atoms with Crippen LogP contribution in [0.4, 0.5) is 13.2 Å². The van der Waals surface area contributed by atoms with Gasteiger partial charge in [0.1, 0.15) is 0 Å². The number of alkyl halides is 3. The van der Waals surface area contributed by atoms with Gasteiger partial charge in [0.25, 0.3) is 0 Å². The molecule has 0 aromatic heterocycles. The molecule has 0 heterocycles. The summed E-state index contributed by atoms with van der Waals surface area (Å²) in [6, 6.07) is 13.9. The maximum absolute atomic E-state index is 12.6. The van der Waals surface area contributed by atoms with Gasteiger partial charge in [-0.15, -0.1) is 0 Å². The van der Waals surface area contributed by atoms with Crippen LogP contribution in [0.25, 0.3) is 0 Å². The van der Waals surface area contributed by atoms with Gasteiger partial charge in [0.2, 0.25) is 0 Å². The molecule has 2 aromatic carbocycles. The van der Waals surface area contributed by atoms with Crippen LogP contribution in [-0.4, -0.2) is 0 Å². The Bertz CT molecular complexity index is 592. The fourth-order valence-electron chi connectivity index (χ4n) is 2.68. The van der Waals surface area contributed by atoms with Gasteiger partial charge in [-0.2, -0.15) is 13.2 Å². The summed E-state index contributed by atoms with van der Waals surface area (Å²) < 4.78 is 37.9. The predicted octanol–water partition coefficient (Wildman–Crippen LogP) is 6.37. The molecule has 0 amide bonds. The van der Waals surface area contributed by atoms with Gasteiger partial charge in [0.15, 0.2) is 0 Å². The second-order valence-electron chi connectivity index (χ2n) is 5.90. The Morgan fingerprint density at radius 2 is 1.18 bits per heavy atom. The molecule has 118 valence electrons. The summed E-state index contributed by atoms with van der Waals surface area (Å²) in [5, 5.41) is 0. The quantitative estimate of drug-likeness (QED) is 0.615. The first-order valence-electron chi connectivity index (χ1n) is 7.60. The smallest absolute Gasteiger partial charge is 0.166 e. The number of benzene rings is 2. The highest BCUT2D eigenvalue weighted by Gasteiger charge is 2.30. The van der Waals surface area contributed by atoms with Crippen LogP contribution in [0.15, 0.2) is 48.5 Å². The Balaban J connectivity index is 2.28. The highest BCUT2D eigenvalue weighted by atomic mass is 19.4. The zero-order valence-corrected chi connectivity index (χ0v) is 13.1. The van der Waals surface area contributed by atoms with Gasteiger partial charge in [0, 0.05) is 5.92 Å². The average Bonchev–Trinajstić information content (AvgIpc) is 2.48. The molecule has 0 N–H and O–H groups in total. The molecule has 0 bridgehead atoms. The van der Waals surface area contributed by atoms with Gasteiger partial charge in [-0.1, -0.05) is 57.2 Å². The second-order valence-corrected chi connectivity index (χ2v) is 5.90. The van der Waals surface area contributed by atoms with E-state index in [2.05, 4.69) is 45.0 Å². The van der Waals surface area contributed by atoms with E-state index in [0.717, 1.165) is 17.5 Å². The molecule has 0 fully saturated rings. The SMILES string of the molecule is CCC(c1ccc(C(C)C)cc1)c1ccc(C(F)(F)F)cc1. The maximum Gasteiger partial charge on any atom is 0.416 e.